The van der Waals surface area contributed by atoms with Crippen LogP contribution in [0.1, 0.15) is 31.2 Å². The van der Waals surface area contributed by atoms with Gasteiger partial charge < -0.3 is 19.9 Å². The van der Waals surface area contributed by atoms with Gasteiger partial charge >= 0.3 is 0 Å². The van der Waals surface area contributed by atoms with Gasteiger partial charge in [-0.3, -0.25) is 0 Å². The average Bonchev–Trinajstić information content (AvgIpc) is 2.63. The van der Waals surface area contributed by atoms with Crippen molar-refractivity contribution >= 4 is 0 Å². The lowest BCUT2D eigenvalue weighted by Gasteiger charge is -2.41. The molecule has 1 saturated carbocycles. The molecule has 2 aliphatic rings. The first-order valence-corrected chi connectivity index (χ1v) is 7.06. The van der Waals surface area contributed by atoms with Gasteiger partial charge in [-0.2, -0.15) is 0 Å². The third kappa shape index (κ3) is 2.55. The summed E-state index contributed by atoms with van der Waals surface area (Å²) in [5.74, 6) is 1.70. The van der Waals surface area contributed by atoms with Gasteiger partial charge in [0.15, 0.2) is 11.5 Å². The minimum absolute atomic E-state index is 0.0751. The minimum Gasteiger partial charge on any atom is -0.490 e. The fraction of sp³-hybridized carbons (Fsp3) is 0.600. The van der Waals surface area contributed by atoms with Crippen LogP contribution in [0.25, 0.3) is 0 Å². The summed E-state index contributed by atoms with van der Waals surface area (Å²) in [5.41, 5.74) is 1.04. The van der Waals surface area contributed by atoms with Crippen molar-refractivity contribution in [3.63, 3.8) is 0 Å². The molecule has 19 heavy (non-hydrogen) atoms. The van der Waals surface area contributed by atoms with Crippen LogP contribution in [0.3, 0.4) is 0 Å². The van der Waals surface area contributed by atoms with Crippen LogP contribution in [-0.4, -0.2) is 30.5 Å². The summed E-state index contributed by atoms with van der Waals surface area (Å²) in [7, 11) is 0. The number of aliphatic hydroxyl groups is 1. The average molecular weight is 263 g/mol. The lowest BCUT2D eigenvalue weighted by molar-refractivity contribution is 0.0869. The van der Waals surface area contributed by atoms with Crippen molar-refractivity contribution in [1.29, 1.82) is 0 Å². The number of benzene rings is 1. The summed E-state index contributed by atoms with van der Waals surface area (Å²) in [6.07, 6.45) is 4.22. The standard InChI is InChI=1S/C15H21NO3/c17-11-15(6-2-7-15)16-10-12-4-1-5-13-14(12)19-9-3-8-18-13/h1,4-5,16-17H,2-3,6-11H2. The van der Waals surface area contributed by atoms with E-state index < -0.39 is 0 Å². The normalized spacial score (nSPS) is 20.5. The molecule has 0 unspecified atom stereocenters. The lowest BCUT2D eigenvalue weighted by Crippen LogP contribution is -2.53. The van der Waals surface area contributed by atoms with E-state index in [9.17, 15) is 5.11 Å². The van der Waals surface area contributed by atoms with E-state index >= 15 is 0 Å². The second-order valence-corrected chi connectivity index (χ2v) is 5.44. The van der Waals surface area contributed by atoms with Crippen LogP contribution in [0.4, 0.5) is 0 Å². The van der Waals surface area contributed by atoms with E-state index in [4.69, 9.17) is 9.47 Å². The highest BCUT2D eigenvalue weighted by Gasteiger charge is 2.35. The van der Waals surface area contributed by atoms with E-state index in [-0.39, 0.29) is 12.1 Å². The van der Waals surface area contributed by atoms with Gasteiger partial charge in [-0.1, -0.05) is 12.1 Å². The van der Waals surface area contributed by atoms with Gasteiger partial charge in [-0.05, 0) is 25.3 Å². The van der Waals surface area contributed by atoms with Gasteiger partial charge in [-0.25, -0.2) is 0 Å². The molecule has 2 N–H and O–H groups in total. The third-order valence-corrected chi connectivity index (χ3v) is 4.12. The third-order valence-electron chi connectivity index (χ3n) is 4.12. The molecule has 0 amide bonds. The number of rotatable bonds is 4. The zero-order valence-corrected chi connectivity index (χ0v) is 11.2. The molecule has 0 saturated heterocycles. The zero-order valence-electron chi connectivity index (χ0n) is 11.2. The fourth-order valence-electron chi connectivity index (χ4n) is 2.67. The van der Waals surface area contributed by atoms with Crippen molar-refractivity contribution in [2.45, 2.75) is 37.8 Å². The first-order chi connectivity index (χ1) is 9.33. The SMILES string of the molecule is OCC1(NCc2cccc3c2OCCCO3)CCC1. The predicted octanol–water partition coefficient (Wildman–Crippen LogP) is 1.85. The highest BCUT2D eigenvalue weighted by atomic mass is 16.5. The molecule has 104 valence electrons. The molecule has 0 atom stereocenters. The van der Waals surface area contributed by atoms with Gasteiger partial charge in [0, 0.05) is 24.1 Å². The Hall–Kier alpha value is -1.26. The van der Waals surface area contributed by atoms with Crippen molar-refractivity contribution < 1.29 is 14.6 Å². The quantitative estimate of drug-likeness (QED) is 0.870. The Morgan fingerprint density at radius 3 is 2.74 bits per heavy atom. The maximum absolute atomic E-state index is 9.48. The molecule has 0 radical (unpaired) electrons. The van der Waals surface area contributed by atoms with Gasteiger partial charge in [0.1, 0.15) is 0 Å². The summed E-state index contributed by atoms with van der Waals surface area (Å²) >= 11 is 0. The lowest BCUT2D eigenvalue weighted by atomic mass is 9.77. The molecule has 3 rings (SSSR count). The highest BCUT2D eigenvalue weighted by molar-refractivity contribution is 5.47. The van der Waals surface area contributed by atoms with Crippen LogP contribution < -0.4 is 14.8 Å². The van der Waals surface area contributed by atoms with Crippen molar-refractivity contribution in [2.24, 2.45) is 0 Å². The van der Waals surface area contributed by atoms with Crippen molar-refractivity contribution in [3.8, 4) is 11.5 Å². The first-order valence-electron chi connectivity index (χ1n) is 7.06. The van der Waals surface area contributed by atoms with E-state index in [0.717, 1.165) is 36.3 Å². The van der Waals surface area contributed by atoms with E-state index in [1.807, 2.05) is 12.1 Å². The Bertz CT molecular complexity index is 438. The Morgan fingerprint density at radius 1 is 1.16 bits per heavy atom. The molecule has 1 aliphatic carbocycles. The van der Waals surface area contributed by atoms with Gasteiger partial charge in [-0.15, -0.1) is 0 Å². The Labute approximate surface area is 113 Å². The van der Waals surface area contributed by atoms with Crippen LogP contribution >= 0.6 is 0 Å². The predicted molar refractivity (Wildman–Crippen MR) is 72.6 cm³/mol. The Kier molecular flexibility index (Phi) is 3.62. The van der Waals surface area contributed by atoms with E-state index in [1.54, 1.807) is 0 Å². The number of hydrogen-bond acceptors (Lipinski definition) is 4. The number of ether oxygens (including phenoxy) is 2. The van der Waals surface area contributed by atoms with Crippen molar-refractivity contribution in [1.82, 2.24) is 5.32 Å². The second kappa shape index (κ2) is 5.39. The van der Waals surface area contributed by atoms with Crippen LogP contribution in [0.15, 0.2) is 18.2 Å². The molecule has 0 aromatic heterocycles. The van der Waals surface area contributed by atoms with Crippen LogP contribution in [0.5, 0.6) is 11.5 Å². The molecule has 1 aromatic rings. The molecule has 0 bridgehead atoms. The highest BCUT2D eigenvalue weighted by Crippen LogP contribution is 2.35. The smallest absolute Gasteiger partial charge is 0.165 e. The number of aliphatic hydroxyl groups excluding tert-OH is 1. The minimum atomic E-state index is -0.0751. The number of nitrogens with one attached hydrogen (secondary N) is 1. The van der Waals surface area contributed by atoms with Gasteiger partial charge in [0.2, 0.25) is 0 Å². The molecular formula is C15H21NO3. The second-order valence-electron chi connectivity index (χ2n) is 5.44. The topological polar surface area (TPSA) is 50.7 Å². The van der Waals surface area contributed by atoms with E-state index in [0.29, 0.717) is 19.8 Å². The number of fused-ring (bicyclic) bond motifs is 1. The van der Waals surface area contributed by atoms with Crippen molar-refractivity contribution in [2.75, 3.05) is 19.8 Å². The maximum Gasteiger partial charge on any atom is 0.165 e. The zero-order chi connectivity index (χ0) is 13.1. The Morgan fingerprint density at radius 2 is 2.00 bits per heavy atom. The van der Waals surface area contributed by atoms with Crippen LogP contribution in [0, 0.1) is 0 Å². The van der Waals surface area contributed by atoms with E-state index in [1.165, 1.54) is 6.42 Å². The molecule has 4 nitrogen and oxygen atoms in total. The first kappa shape index (κ1) is 12.8. The summed E-state index contributed by atoms with van der Waals surface area (Å²) < 4.78 is 11.5. The number of para-hydroxylation sites is 1. The maximum atomic E-state index is 9.48. The van der Waals surface area contributed by atoms with Crippen molar-refractivity contribution in [3.05, 3.63) is 23.8 Å². The molecule has 4 heteroatoms. The monoisotopic (exact) mass is 263 g/mol. The molecule has 1 aromatic carbocycles. The molecule has 1 heterocycles. The van der Waals surface area contributed by atoms with Gasteiger partial charge in [0.05, 0.1) is 19.8 Å². The molecule has 0 spiro atoms. The van der Waals surface area contributed by atoms with Crippen LogP contribution in [-0.2, 0) is 6.54 Å². The number of hydrogen-bond donors (Lipinski definition) is 2. The molecule has 1 fully saturated rings. The van der Waals surface area contributed by atoms with E-state index in [2.05, 4.69) is 11.4 Å². The summed E-state index contributed by atoms with van der Waals surface area (Å²) in [4.78, 5) is 0. The van der Waals surface area contributed by atoms with Crippen LogP contribution in [0.2, 0.25) is 0 Å². The Balaban J connectivity index is 1.74. The largest absolute Gasteiger partial charge is 0.490 e. The summed E-state index contributed by atoms with van der Waals surface area (Å²) in [5, 5.41) is 13.0. The fourth-order valence-corrected chi connectivity index (χ4v) is 2.67. The summed E-state index contributed by atoms with van der Waals surface area (Å²) in [6.45, 7) is 2.34. The molecule has 1 aliphatic heterocycles. The van der Waals surface area contributed by atoms with Gasteiger partial charge in [0.25, 0.3) is 0 Å². The summed E-state index contributed by atoms with van der Waals surface area (Å²) in [6, 6.07) is 6.01. The molecular weight excluding hydrogens is 242 g/mol.